The third-order valence-corrected chi connectivity index (χ3v) is 5.07. The number of anilines is 1. The molecule has 3 aromatic carbocycles. The predicted octanol–water partition coefficient (Wildman–Crippen LogP) is 4.96. The van der Waals surface area contributed by atoms with Crippen molar-refractivity contribution in [3.63, 3.8) is 0 Å². The largest absolute Gasteiger partial charge is 0.427 e. The molecule has 2 amide bonds. The quantitative estimate of drug-likeness (QED) is 0.277. The molecule has 0 unspecified atom stereocenters. The summed E-state index contributed by atoms with van der Waals surface area (Å²) in [6, 6.07) is 21.2. The highest BCUT2D eigenvalue weighted by atomic mass is 79.9. The van der Waals surface area contributed by atoms with E-state index < -0.39 is 5.97 Å². The normalized spacial score (nSPS) is 10.6. The topological polar surface area (TPSA) is 84.5 Å². The van der Waals surface area contributed by atoms with Gasteiger partial charge in [-0.05, 0) is 53.6 Å². The summed E-state index contributed by atoms with van der Waals surface area (Å²) >= 11 is 3.44. The molecule has 0 spiro atoms. The smallest absolute Gasteiger partial charge is 0.308 e. The Morgan fingerprint density at radius 1 is 0.969 bits per heavy atom. The molecule has 3 rings (SSSR count). The van der Waals surface area contributed by atoms with Crippen LogP contribution < -0.4 is 15.4 Å². The van der Waals surface area contributed by atoms with Crippen molar-refractivity contribution in [3.8, 4) is 5.75 Å². The first kappa shape index (κ1) is 23.0. The first-order valence-electron chi connectivity index (χ1n) is 9.80. The van der Waals surface area contributed by atoms with Gasteiger partial charge in [0.25, 0.3) is 5.91 Å². The van der Waals surface area contributed by atoms with Crippen LogP contribution in [-0.4, -0.2) is 17.8 Å². The molecule has 0 radical (unpaired) electrons. The number of amides is 2. The minimum Gasteiger partial charge on any atom is -0.427 e. The van der Waals surface area contributed by atoms with Crippen molar-refractivity contribution in [1.29, 1.82) is 0 Å². The Hall–Kier alpha value is -3.71. The molecule has 0 saturated carbocycles. The molecule has 0 atom stereocenters. The van der Waals surface area contributed by atoms with Gasteiger partial charge in [-0.15, -0.1) is 0 Å². The summed E-state index contributed by atoms with van der Waals surface area (Å²) in [7, 11) is 0. The standard InChI is InChI=1S/C25H21BrN2O4/c1-17(29)32-22-7-4-6-20(15-22)25(31)27-16-18-9-12-21(13-10-18)28-24(30)14-11-19-5-2-3-8-23(19)26/h2-15H,16H2,1H3,(H,27,31)(H,28,30)/b14-11+. The van der Waals surface area contributed by atoms with Crippen LogP contribution in [-0.2, 0) is 16.1 Å². The van der Waals surface area contributed by atoms with Crippen LogP contribution in [0.5, 0.6) is 5.75 Å². The average molecular weight is 493 g/mol. The third kappa shape index (κ3) is 6.92. The fourth-order valence-electron chi connectivity index (χ4n) is 2.82. The minimum absolute atomic E-state index is 0.241. The van der Waals surface area contributed by atoms with E-state index in [2.05, 4.69) is 26.6 Å². The first-order chi connectivity index (χ1) is 15.4. The molecule has 3 aromatic rings. The van der Waals surface area contributed by atoms with Crippen LogP contribution in [0.3, 0.4) is 0 Å². The van der Waals surface area contributed by atoms with E-state index >= 15 is 0 Å². The highest BCUT2D eigenvalue weighted by molar-refractivity contribution is 9.10. The lowest BCUT2D eigenvalue weighted by Gasteiger charge is -2.08. The Morgan fingerprint density at radius 2 is 1.72 bits per heavy atom. The summed E-state index contributed by atoms with van der Waals surface area (Å²) < 4.78 is 5.91. The third-order valence-electron chi connectivity index (χ3n) is 4.35. The number of ether oxygens (including phenoxy) is 1. The number of hydrogen-bond acceptors (Lipinski definition) is 4. The molecule has 32 heavy (non-hydrogen) atoms. The van der Waals surface area contributed by atoms with Crippen LogP contribution in [0.15, 0.2) is 83.3 Å². The van der Waals surface area contributed by atoms with Crippen molar-refractivity contribution in [2.24, 2.45) is 0 Å². The Balaban J connectivity index is 1.52. The summed E-state index contributed by atoms with van der Waals surface area (Å²) in [5.74, 6) is -0.653. The summed E-state index contributed by atoms with van der Waals surface area (Å²) in [4.78, 5) is 35.6. The molecule has 2 N–H and O–H groups in total. The molecule has 0 aliphatic carbocycles. The van der Waals surface area contributed by atoms with E-state index in [1.54, 1.807) is 36.4 Å². The molecular formula is C25H21BrN2O4. The van der Waals surface area contributed by atoms with Gasteiger partial charge in [-0.2, -0.15) is 0 Å². The molecule has 0 heterocycles. The molecule has 6 nitrogen and oxygen atoms in total. The lowest BCUT2D eigenvalue weighted by molar-refractivity contribution is -0.131. The average Bonchev–Trinajstić information content (AvgIpc) is 2.77. The molecule has 7 heteroatoms. The van der Waals surface area contributed by atoms with Gasteiger partial charge in [-0.3, -0.25) is 14.4 Å². The number of halogens is 1. The second-order valence-corrected chi connectivity index (χ2v) is 7.70. The molecule has 0 aromatic heterocycles. The van der Waals surface area contributed by atoms with E-state index in [9.17, 15) is 14.4 Å². The second-order valence-electron chi connectivity index (χ2n) is 6.85. The maximum atomic E-state index is 12.4. The van der Waals surface area contributed by atoms with Gasteiger partial charge < -0.3 is 15.4 Å². The zero-order chi connectivity index (χ0) is 22.9. The number of nitrogens with one attached hydrogen (secondary N) is 2. The van der Waals surface area contributed by atoms with E-state index in [-0.39, 0.29) is 11.8 Å². The van der Waals surface area contributed by atoms with Crippen LogP contribution in [0.4, 0.5) is 5.69 Å². The second kappa shape index (κ2) is 11.1. The van der Waals surface area contributed by atoms with Crippen LogP contribution in [0, 0.1) is 0 Å². The van der Waals surface area contributed by atoms with Gasteiger partial charge >= 0.3 is 5.97 Å². The van der Waals surface area contributed by atoms with Gasteiger partial charge in [0.1, 0.15) is 5.75 Å². The SMILES string of the molecule is CC(=O)Oc1cccc(C(=O)NCc2ccc(NC(=O)/C=C/c3ccccc3Br)cc2)c1. The number of rotatable bonds is 7. The van der Waals surface area contributed by atoms with Crippen molar-refractivity contribution in [2.45, 2.75) is 13.5 Å². The van der Waals surface area contributed by atoms with Gasteiger partial charge in [-0.1, -0.05) is 52.3 Å². The van der Waals surface area contributed by atoms with Crippen molar-refractivity contribution < 1.29 is 19.1 Å². The van der Waals surface area contributed by atoms with Crippen molar-refractivity contribution in [3.05, 3.63) is 100 Å². The number of benzene rings is 3. The van der Waals surface area contributed by atoms with Crippen LogP contribution in [0.2, 0.25) is 0 Å². The van der Waals surface area contributed by atoms with Gasteiger partial charge in [0, 0.05) is 35.3 Å². The molecule has 0 bridgehead atoms. The van der Waals surface area contributed by atoms with Gasteiger partial charge in [-0.25, -0.2) is 0 Å². The van der Waals surface area contributed by atoms with Crippen LogP contribution >= 0.6 is 15.9 Å². The van der Waals surface area contributed by atoms with Gasteiger partial charge in [0.15, 0.2) is 0 Å². The number of esters is 1. The zero-order valence-corrected chi connectivity index (χ0v) is 18.9. The number of carbonyl (C=O) groups is 3. The van der Waals surface area contributed by atoms with Crippen molar-refractivity contribution >= 4 is 45.5 Å². The molecule has 162 valence electrons. The molecule has 0 fully saturated rings. The van der Waals surface area contributed by atoms with Gasteiger partial charge in [0.2, 0.25) is 5.91 Å². The zero-order valence-electron chi connectivity index (χ0n) is 17.3. The monoisotopic (exact) mass is 492 g/mol. The highest BCUT2D eigenvalue weighted by Crippen LogP contribution is 2.17. The Bertz CT molecular complexity index is 1160. The summed E-state index contributed by atoms with van der Waals surface area (Å²) in [6.07, 6.45) is 3.21. The Morgan fingerprint density at radius 3 is 2.44 bits per heavy atom. The van der Waals surface area contributed by atoms with Crippen LogP contribution in [0.25, 0.3) is 6.08 Å². The van der Waals surface area contributed by atoms with E-state index in [1.807, 2.05) is 36.4 Å². The first-order valence-corrected chi connectivity index (χ1v) is 10.6. The Kier molecular flexibility index (Phi) is 7.94. The predicted molar refractivity (Wildman–Crippen MR) is 127 cm³/mol. The minimum atomic E-state index is -0.446. The van der Waals surface area contributed by atoms with Crippen LogP contribution in [0.1, 0.15) is 28.4 Å². The van der Waals surface area contributed by atoms with E-state index in [0.717, 1.165) is 15.6 Å². The highest BCUT2D eigenvalue weighted by Gasteiger charge is 2.08. The Labute approximate surface area is 194 Å². The lowest BCUT2D eigenvalue weighted by Crippen LogP contribution is -2.22. The summed E-state index contributed by atoms with van der Waals surface area (Å²) in [5.41, 5.74) is 2.82. The van der Waals surface area contributed by atoms with E-state index in [0.29, 0.717) is 23.5 Å². The fourth-order valence-corrected chi connectivity index (χ4v) is 3.23. The summed E-state index contributed by atoms with van der Waals surface area (Å²) in [6.45, 7) is 1.62. The molecule has 0 aliphatic heterocycles. The maximum Gasteiger partial charge on any atom is 0.308 e. The number of carbonyl (C=O) groups excluding carboxylic acids is 3. The van der Waals surface area contributed by atoms with Gasteiger partial charge in [0.05, 0.1) is 0 Å². The number of hydrogen-bond donors (Lipinski definition) is 2. The van der Waals surface area contributed by atoms with Crippen molar-refractivity contribution in [2.75, 3.05) is 5.32 Å². The lowest BCUT2D eigenvalue weighted by atomic mass is 10.1. The van der Waals surface area contributed by atoms with E-state index in [1.165, 1.54) is 19.1 Å². The fraction of sp³-hybridized carbons (Fsp3) is 0.0800. The molecule has 0 saturated heterocycles. The molecular weight excluding hydrogens is 472 g/mol. The van der Waals surface area contributed by atoms with Crippen molar-refractivity contribution in [1.82, 2.24) is 5.32 Å². The molecule has 0 aliphatic rings. The van der Waals surface area contributed by atoms with E-state index in [4.69, 9.17) is 4.74 Å². The summed E-state index contributed by atoms with van der Waals surface area (Å²) in [5, 5.41) is 5.62. The maximum absolute atomic E-state index is 12.4.